The third-order valence-electron chi connectivity index (χ3n) is 8.56. The largest absolute Gasteiger partial charge is 0.494 e. The summed E-state index contributed by atoms with van der Waals surface area (Å²) in [5.74, 6) is -2.03. The lowest BCUT2D eigenvalue weighted by Gasteiger charge is -2.31. The number of primary amides is 1. The monoisotopic (exact) mass is 697 g/mol. The number of rotatable bonds is 8. The van der Waals surface area contributed by atoms with Crippen molar-refractivity contribution in [3.8, 4) is 22.8 Å². The van der Waals surface area contributed by atoms with E-state index in [0.717, 1.165) is 31.0 Å². The van der Waals surface area contributed by atoms with Crippen LogP contribution in [0.3, 0.4) is 0 Å². The number of aliphatic hydroxyl groups is 1. The molecule has 17 heteroatoms. The fraction of sp³-hybridized carbons (Fsp3) is 0.355. The minimum atomic E-state index is -5.48. The fourth-order valence-electron chi connectivity index (χ4n) is 5.47. The van der Waals surface area contributed by atoms with Crippen LogP contribution in [0, 0.1) is 0 Å². The van der Waals surface area contributed by atoms with Crippen molar-refractivity contribution >= 4 is 34.3 Å². The summed E-state index contributed by atoms with van der Waals surface area (Å²) in [6, 6.07) is 6.04. The van der Waals surface area contributed by atoms with Crippen LogP contribution >= 0.6 is 11.6 Å². The van der Waals surface area contributed by atoms with E-state index in [4.69, 9.17) is 26.8 Å². The second-order valence-electron chi connectivity index (χ2n) is 11.9. The summed E-state index contributed by atoms with van der Waals surface area (Å²) in [7, 11) is 1.35. The number of pyridine rings is 1. The number of alkyl halides is 6. The lowest BCUT2D eigenvalue weighted by Crippen LogP contribution is -2.51. The van der Waals surface area contributed by atoms with Gasteiger partial charge in [-0.2, -0.15) is 31.4 Å². The Morgan fingerprint density at radius 2 is 1.88 bits per heavy atom. The molecule has 1 aliphatic carbocycles. The number of carbonyl (C=O) groups is 2. The first-order valence-electron chi connectivity index (χ1n) is 14.4. The van der Waals surface area contributed by atoms with E-state index in [9.17, 15) is 41.0 Å². The number of amides is 2. The predicted molar refractivity (Wildman–Crippen MR) is 159 cm³/mol. The second kappa shape index (κ2) is 11.3. The summed E-state index contributed by atoms with van der Waals surface area (Å²) in [6.45, 7) is -0.602. The smallest absolute Gasteiger partial charge is 0.424 e. The lowest BCUT2D eigenvalue weighted by atomic mass is 9.81. The molecule has 0 radical (unpaired) electrons. The topological polar surface area (TPSA) is 142 Å². The molecular weight excluding hydrogens is 672 g/mol. The zero-order valence-electron chi connectivity index (χ0n) is 25.1. The highest BCUT2D eigenvalue weighted by molar-refractivity contribution is 6.31. The maximum Gasteiger partial charge on any atom is 0.424 e. The third-order valence-corrected chi connectivity index (χ3v) is 8.87. The van der Waals surface area contributed by atoms with E-state index in [2.05, 4.69) is 15.4 Å². The fourth-order valence-corrected chi connectivity index (χ4v) is 5.76. The minimum Gasteiger partial charge on any atom is -0.494 e. The standard InChI is InChI=1S/C31H26ClF6N5O5/c1-28(27(39)45)13-48-25-19(28)10-22(41-24(25)14-3-6-18(20(32)8-14)30(33,34)35)29(46,31(36,37)38)12-40-26(44)15-7-16-11-43(17-4-5-17)42-23(16)21(9-15)47-2/h3,6-11,17,46H,4-5,12-13H2,1-2H3,(H2,39,45)(H,40,44)/t28-,29?/m0/s1. The van der Waals surface area contributed by atoms with Crippen molar-refractivity contribution < 1.29 is 50.5 Å². The van der Waals surface area contributed by atoms with Crippen LogP contribution < -0.4 is 20.5 Å². The first-order chi connectivity index (χ1) is 22.4. The van der Waals surface area contributed by atoms with Crippen molar-refractivity contribution in [2.24, 2.45) is 5.73 Å². The Morgan fingerprint density at radius 3 is 2.46 bits per heavy atom. The quantitative estimate of drug-likeness (QED) is 0.209. The normalized spacial score (nSPS) is 19.0. The zero-order valence-corrected chi connectivity index (χ0v) is 25.8. The average Bonchev–Trinajstić information content (AvgIpc) is 3.68. The zero-order chi connectivity index (χ0) is 35.0. The molecule has 2 atom stereocenters. The molecule has 1 unspecified atom stereocenters. The molecule has 2 aromatic heterocycles. The van der Waals surface area contributed by atoms with Gasteiger partial charge in [-0.15, -0.1) is 0 Å². The Hall–Kier alpha value is -4.57. The number of ether oxygens (including phenoxy) is 2. The number of nitrogens with zero attached hydrogens (tertiary/aromatic N) is 3. The van der Waals surface area contributed by atoms with Crippen LogP contribution in [0.4, 0.5) is 26.3 Å². The third kappa shape index (κ3) is 5.55. The molecule has 0 spiro atoms. The maximum absolute atomic E-state index is 14.8. The Kier molecular flexibility index (Phi) is 7.82. The molecule has 0 bridgehead atoms. The minimum absolute atomic E-state index is 0.0871. The van der Waals surface area contributed by atoms with Crippen LogP contribution in [0.2, 0.25) is 5.02 Å². The number of nitrogens with two attached hydrogens (primary N) is 1. The van der Waals surface area contributed by atoms with E-state index in [1.165, 1.54) is 26.2 Å². The number of aromatic nitrogens is 3. The molecule has 6 rings (SSSR count). The Bertz CT molecular complexity index is 1980. The van der Waals surface area contributed by atoms with E-state index >= 15 is 0 Å². The molecule has 1 aliphatic heterocycles. The Labute approximate surface area is 272 Å². The van der Waals surface area contributed by atoms with E-state index in [0.29, 0.717) is 17.0 Å². The predicted octanol–water partition coefficient (Wildman–Crippen LogP) is 5.43. The molecule has 48 heavy (non-hydrogen) atoms. The van der Waals surface area contributed by atoms with Crippen molar-refractivity contribution in [2.75, 3.05) is 20.3 Å². The van der Waals surface area contributed by atoms with Crippen molar-refractivity contribution in [1.29, 1.82) is 0 Å². The molecule has 3 heterocycles. The van der Waals surface area contributed by atoms with Gasteiger partial charge in [0.25, 0.3) is 5.91 Å². The highest BCUT2D eigenvalue weighted by Gasteiger charge is 2.58. The highest BCUT2D eigenvalue weighted by atomic mass is 35.5. The molecule has 1 saturated carbocycles. The number of halogens is 7. The van der Waals surface area contributed by atoms with E-state index < -0.39 is 70.3 Å². The number of fused-ring (bicyclic) bond motifs is 2. The molecule has 4 aromatic rings. The number of methoxy groups -OCH3 is 1. The van der Waals surface area contributed by atoms with Gasteiger partial charge < -0.3 is 25.6 Å². The molecule has 1 fully saturated rings. The highest BCUT2D eigenvalue weighted by Crippen LogP contribution is 2.48. The first kappa shape index (κ1) is 33.3. The van der Waals surface area contributed by atoms with E-state index in [1.807, 2.05) is 0 Å². The van der Waals surface area contributed by atoms with Gasteiger partial charge in [-0.3, -0.25) is 14.3 Å². The molecule has 254 valence electrons. The number of benzene rings is 2. The summed E-state index contributed by atoms with van der Waals surface area (Å²) in [5.41, 5.74) is -2.82. The number of nitrogens with one attached hydrogen (secondary N) is 1. The summed E-state index contributed by atoms with van der Waals surface area (Å²) in [6.07, 6.45) is -6.77. The van der Waals surface area contributed by atoms with Gasteiger partial charge in [-0.1, -0.05) is 17.7 Å². The van der Waals surface area contributed by atoms with Crippen molar-refractivity contribution in [1.82, 2.24) is 20.1 Å². The molecule has 2 aromatic carbocycles. The average molecular weight is 698 g/mol. The molecule has 0 saturated heterocycles. The number of hydrogen-bond donors (Lipinski definition) is 3. The lowest BCUT2D eigenvalue weighted by molar-refractivity contribution is -0.265. The molecule has 10 nitrogen and oxygen atoms in total. The summed E-state index contributed by atoms with van der Waals surface area (Å²) < 4.78 is 97.3. The number of hydrogen-bond acceptors (Lipinski definition) is 7. The Balaban J connectivity index is 1.42. The molecule has 2 amide bonds. The van der Waals surface area contributed by atoms with Gasteiger partial charge in [0.2, 0.25) is 11.5 Å². The van der Waals surface area contributed by atoms with Gasteiger partial charge in [0.15, 0.2) is 0 Å². The Morgan fingerprint density at radius 1 is 1.17 bits per heavy atom. The van der Waals surface area contributed by atoms with Crippen molar-refractivity contribution in [3.63, 3.8) is 0 Å². The second-order valence-corrected chi connectivity index (χ2v) is 12.3. The summed E-state index contributed by atoms with van der Waals surface area (Å²) in [5, 5.41) is 17.6. The molecule has 4 N–H and O–H groups in total. The van der Waals surface area contributed by atoms with Gasteiger partial charge >= 0.3 is 12.4 Å². The van der Waals surface area contributed by atoms with Crippen LogP contribution in [0.1, 0.15) is 53.0 Å². The van der Waals surface area contributed by atoms with Crippen molar-refractivity contribution in [2.45, 2.75) is 49.2 Å². The van der Waals surface area contributed by atoms with Crippen LogP contribution in [-0.4, -0.2) is 58.1 Å². The van der Waals surface area contributed by atoms with Crippen LogP contribution in [0.15, 0.2) is 42.6 Å². The number of carbonyl (C=O) groups excluding carboxylic acids is 2. The van der Waals surface area contributed by atoms with E-state index in [1.54, 1.807) is 10.9 Å². The van der Waals surface area contributed by atoms with Gasteiger partial charge in [0.1, 0.15) is 34.7 Å². The first-order valence-corrected chi connectivity index (χ1v) is 14.7. The molecular formula is C31H26ClF6N5O5. The van der Waals surface area contributed by atoms with Gasteiger partial charge in [0, 0.05) is 28.3 Å². The van der Waals surface area contributed by atoms with E-state index in [-0.39, 0.29) is 34.2 Å². The summed E-state index contributed by atoms with van der Waals surface area (Å²) in [4.78, 5) is 29.7. The summed E-state index contributed by atoms with van der Waals surface area (Å²) >= 11 is 5.89. The van der Waals surface area contributed by atoms with Crippen LogP contribution in [0.25, 0.3) is 22.2 Å². The maximum atomic E-state index is 14.8. The van der Waals surface area contributed by atoms with Crippen LogP contribution in [0.5, 0.6) is 11.5 Å². The van der Waals surface area contributed by atoms with Gasteiger partial charge in [-0.05, 0) is 50.1 Å². The van der Waals surface area contributed by atoms with Gasteiger partial charge in [-0.25, -0.2) is 4.98 Å². The molecule has 2 aliphatic rings. The van der Waals surface area contributed by atoms with Crippen LogP contribution in [-0.2, 0) is 22.0 Å². The van der Waals surface area contributed by atoms with Crippen molar-refractivity contribution in [3.05, 3.63) is 70.0 Å². The SMILES string of the molecule is COc1cc(C(=O)NCC(O)(c2cc3c(c(-c4ccc(C(F)(F)F)c(Cl)c4)n2)OC[C@]3(C)C(N)=O)C(F)(F)F)cc2cn(C3CC3)nc12. The van der Waals surface area contributed by atoms with Gasteiger partial charge in [0.05, 0.1) is 36.0 Å².